The fraction of sp³-hybridized carbons (Fsp3) is 0.429. The second-order valence-electron chi connectivity index (χ2n) is 8.03. The molecule has 2 aliphatic rings. The molecule has 1 N–H and O–H groups in total. The van der Waals surface area contributed by atoms with Gasteiger partial charge in [-0.2, -0.15) is 4.98 Å². The van der Waals surface area contributed by atoms with Crippen LogP contribution < -0.4 is 15.0 Å². The van der Waals surface area contributed by atoms with Crippen molar-refractivity contribution in [2.75, 3.05) is 23.3 Å². The van der Waals surface area contributed by atoms with Crippen LogP contribution in [0.5, 0.6) is 11.8 Å². The van der Waals surface area contributed by atoms with Crippen molar-refractivity contribution in [3.05, 3.63) is 47.1 Å². The zero-order chi connectivity index (χ0) is 24.0. The van der Waals surface area contributed by atoms with Crippen molar-refractivity contribution < 1.29 is 13.2 Å². The van der Waals surface area contributed by atoms with Gasteiger partial charge >= 0.3 is 6.01 Å². The summed E-state index contributed by atoms with van der Waals surface area (Å²) in [4.78, 5) is 15.1. The first-order valence-electron chi connectivity index (χ1n) is 11.6. The summed E-state index contributed by atoms with van der Waals surface area (Å²) in [7, 11) is 0. The van der Waals surface area contributed by atoms with Crippen LogP contribution >= 0.6 is 11.6 Å². The first-order valence-corrected chi connectivity index (χ1v) is 10.4. The van der Waals surface area contributed by atoms with E-state index >= 15 is 0 Å². The summed E-state index contributed by atoms with van der Waals surface area (Å²) in [6.45, 7) is 0.941. The first kappa shape index (κ1) is 16.7. The molecule has 0 radical (unpaired) electrons. The van der Waals surface area contributed by atoms with Crippen molar-refractivity contribution >= 4 is 23.4 Å². The highest BCUT2D eigenvalue weighted by atomic mass is 35.5. The van der Waals surface area contributed by atoms with Crippen LogP contribution in [-0.4, -0.2) is 43.9 Å². The predicted molar refractivity (Wildman–Crippen MR) is 115 cm³/mol. The van der Waals surface area contributed by atoms with Gasteiger partial charge in [0, 0.05) is 53.1 Å². The molecule has 0 amide bonds. The number of nitrogens with one attached hydrogen (secondary N) is 1. The number of ether oxygens (including phenoxy) is 1. The lowest BCUT2D eigenvalue weighted by Crippen LogP contribution is -2.48. The van der Waals surface area contributed by atoms with Gasteiger partial charge in [-0.1, -0.05) is 11.6 Å². The standard InChI is InChI=1S/C21H23ClFN7O/c1-12-5-18(25-11-24-12)30-9-13-3-4-14(10-30)19(13)26-20-27-21(29(2)28-20)31-17-7-15(22)6-16(23)8-17/h5-8,11,13-14,19H,3-4,9-10H2,1-2H3,(H,26,28)/t13-,14+,19?/i2D3. The van der Waals surface area contributed by atoms with Crippen LogP contribution in [0.2, 0.25) is 5.02 Å². The zero-order valence-electron chi connectivity index (χ0n) is 19.8. The Morgan fingerprint density at radius 1 is 1.19 bits per heavy atom. The van der Waals surface area contributed by atoms with E-state index in [-0.39, 0.29) is 28.8 Å². The number of halogens is 2. The first-order chi connectivity index (χ1) is 16.2. The molecule has 2 aromatic heterocycles. The zero-order valence-corrected chi connectivity index (χ0v) is 17.6. The molecule has 5 rings (SSSR count). The Labute approximate surface area is 188 Å². The van der Waals surface area contributed by atoms with Gasteiger partial charge in [0.25, 0.3) is 0 Å². The summed E-state index contributed by atoms with van der Waals surface area (Å²) in [6, 6.07) is 5.40. The third kappa shape index (κ3) is 4.14. The second-order valence-corrected chi connectivity index (χ2v) is 8.46. The number of hydrogen-bond acceptors (Lipinski definition) is 7. The maximum absolute atomic E-state index is 13.7. The fourth-order valence-electron chi connectivity index (χ4n) is 4.53. The van der Waals surface area contributed by atoms with Gasteiger partial charge in [0.05, 0.1) is 0 Å². The molecule has 1 unspecified atom stereocenters. The molecular weight excluding hydrogens is 421 g/mol. The third-order valence-corrected chi connectivity index (χ3v) is 6.08. The van der Waals surface area contributed by atoms with Crippen molar-refractivity contribution in [2.45, 2.75) is 25.8 Å². The smallest absolute Gasteiger partial charge is 0.321 e. The highest BCUT2D eigenvalue weighted by molar-refractivity contribution is 6.30. The minimum absolute atomic E-state index is 0.0305. The maximum Gasteiger partial charge on any atom is 0.321 e. The van der Waals surface area contributed by atoms with E-state index in [1.54, 1.807) is 6.33 Å². The summed E-state index contributed by atoms with van der Waals surface area (Å²) in [6.07, 6.45) is 3.65. The van der Waals surface area contributed by atoms with Crippen molar-refractivity contribution in [2.24, 2.45) is 18.8 Å². The Kier molecular flexibility index (Phi) is 4.29. The average molecular weight is 447 g/mol. The second kappa shape index (κ2) is 7.96. The lowest BCUT2D eigenvalue weighted by atomic mass is 9.92. The summed E-state index contributed by atoms with van der Waals surface area (Å²) >= 11 is 5.89. The van der Waals surface area contributed by atoms with E-state index in [4.69, 9.17) is 20.5 Å². The van der Waals surface area contributed by atoms with Crippen LogP contribution in [0.4, 0.5) is 16.2 Å². The van der Waals surface area contributed by atoms with Crippen LogP contribution in [0.25, 0.3) is 0 Å². The van der Waals surface area contributed by atoms with Gasteiger partial charge in [-0.25, -0.2) is 19.0 Å². The maximum atomic E-state index is 13.7. The molecule has 1 aliphatic carbocycles. The van der Waals surface area contributed by atoms with Crippen LogP contribution in [0.3, 0.4) is 0 Å². The number of anilines is 2. The van der Waals surface area contributed by atoms with E-state index in [2.05, 4.69) is 30.3 Å². The topological polar surface area (TPSA) is 81.0 Å². The fourth-order valence-corrected chi connectivity index (χ4v) is 4.74. The van der Waals surface area contributed by atoms with Crippen LogP contribution in [-0.2, 0) is 6.98 Å². The Balaban J connectivity index is 1.36. The van der Waals surface area contributed by atoms with E-state index in [0.29, 0.717) is 11.8 Å². The molecule has 2 fully saturated rings. The molecule has 8 nitrogen and oxygen atoms in total. The lowest BCUT2D eigenvalue weighted by Gasteiger charge is -2.38. The monoisotopic (exact) mass is 446 g/mol. The molecule has 2 bridgehead atoms. The molecule has 162 valence electrons. The molecule has 3 atom stereocenters. The number of aromatic nitrogens is 5. The Hall–Kier alpha value is -2.94. The van der Waals surface area contributed by atoms with Crippen molar-refractivity contribution in [3.63, 3.8) is 0 Å². The largest absolute Gasteiger partial charge is 0.424 e. The predicted octanol–water partition coefficient (Wildman–Crippen LogP) is 3.83. The summed E-state index contributed by atoms with van der Waals surface area (Å²) in [5.41, 5.74) is 0.920. The molecule has 0 spiro atoms. The van der Waals surface area contributed by atoms with Gasteiger partial charge < -0.3 is 15.0 Å². The number of aryl methyl sites for hydroxylation is 2. The molecule has 10 heteroatoms. The SMILES string of the molecule is [2H]C([2H])([2H])n1nc(NC2[C@@H]3CC[C@H]2CN(c2cc(C)ncn2)C3)nc1Oc1cc(F)cc(Cl)c1. The quantitative estimate of drug-likeness (QED) is 0.637. The molecule has 1 saturated heterocycles. The molecule has 1 saturated carbocycles. The molecule has 1 aliphatic heterocycles. The number of fused-ring (bicyclic) bond motifs is 2. The van der Waals surface area contributed by atoms with Gasteiger partial charge in [-0.15, -0.1) is 5.10 Å². The van der Waals surface area contributed by atoms with E-state index in [9.17, 15) is 4.39 Å². The number of benzene rings is 1. The lowest BCUT2D eigenvalue weighted by molar-refractivity contribution is 0.374. The highest BCUT2D eigenvalue weighted by Gasteiger charge is 2.43. The Bertz CT molecular complexity index is 1170. The summed E-state index contributed by atoms with van der Waals surface area (Å²) in [5.74, 6) is 1.13. The molecule has 3 heterocycles. The van der Waals surface area contributed by atoms with Crippen LogP contribution in [0.1, 0.15) is 22.6 Å². The van der Waals surface area contributed by atoms with Gasteiger partial charge in [0.15, 0.2) is 0 Å². The number of piperidine rings is 1. The van der Waals surface area contributed by atoms with Gasteiger partial charge in [-0.3, -0.25) is 0 Å². The van der Waals surface area contributed by atoms with Crippen molar-refractivity contribution in [1.29, 1.82) is 0 Å². The van der Waals surface area contributed by atoms with Gasteiger partial charge in [-0.05, 0) is 43.7 Å². The van der Waals surface area contributed by atoms with E-state index < -0.39 is 12.8 Å². The Morgan fingerprint density at radius 2 is 2.00 bits per heavy atom. The van der Waals surface area contributed by atoms with Crippen molar-refractivity contribution in [1.82, 2.24) is 24.7 Å². The number of nitrogens with zero attached hydrogens (tertiary/aromatic N) is 6. The van der Waals surface area contributed by atoms with Gasteiger partial charge in [0.2, 0.25) is 5.95 Å². The molecule has 31 heavy (non-hydrogen) atoms. The van der Waals surface area contributed by atoms with Crippen LogP contribution in [0.15, 0.2) is 30.6 Å². The Morgan fingerprint density at radius 3 is 2.71 bits per heavy atom. The van der Waals surface area contributed by atoms with Crippen molar-refractivity contribution in [3.8, 4) is 11.8 Å². The molecule has 3 aromatic rings. The molecular formula is C21H23ClFN7O. The van der Waals surface area contributed by atoms with E-state index in [0.717, 1.165) is 54.3 Å². The van der Waals surface area contributed by atoms with E-state index in [1.165, 1.54) is 6.07 Å². The normalized spacial score (nSPS) is 24.4. The highest BCUT2D eigenvalue weighted by Crippen LogP contribution is 2.39. The molecule has 1 aromatic carbocycles. The van der Waals surface area contributed by atoms with E-state index in [1.807, 2.05) is 13.0 Å². The third-order valence-electron chi connectivity index (χ3n) is 5.87. The summed E-state index contributed by atoms with van der Waals surface area (Å²) < 4.78 is 43.4. The average Bonchev–Trinajstić information content (AvgIpc) is 3.23. The minimum Gasteiger partial charge on any atom is -0.424 e. The number of rotatable bonds is 5. The number of hydrogen-bond donors (Lipinski definition) is 1. The summed E-state index contributed by atoms with van der Waals surface area (Å²) in [5, 5.41) is 7.60. The van der Waals surface area contributed by atoms with Gasteiger partial charge in [0.1, 0.15) is 23.7 Å². The van der Waals surface area contributed by atoms with Crippen LogP contribution in [0, 0.1) is 24.6 Å². The minimum atomic E-state index is -2.63.